The Morgan fingerprint density at radius 2 is 1.17 bits per heavy atom. The number of hydrogen-bond acceptors (Lipinski definition) is 0. The van der Waals surface area contributed by atoms with Crippen molar-refractivity contribution in [3.63, 3.8) is 0 Å². The fourth-order valence-corrected chi connectivity index (χ4v) is 4.08. The van der Waals surface area contributed by atoms with Gasteiger partial charge in [-0.3, -0.25) is 0 Å². The Bertz CT molecular complexity index is 663. The van der Waals surface area contributed by atoms with Crippen molar-refractivity contribution in [1.29, 1.82) is 0 Å². The molecule has 0 saturated heterocycles. The van der Waals surface area contributed by atoms with Crippen LogP contribution in [0.1, 0.15) is 0 Å². The third-order valence-corrected chi connectivity index (χ3v) is 6.10. The fraction of sp³-hybridized carbons (Fsp3) is 0.250. The van der Waals surface area contributed by atoms with Crippen molar-refractivity contribution in [1.82, 2.24) is 0 Å². The standard InChI is InChI=1S/C16H11F7I/c17-14(18,15(19,20)16(21,22)23)10-24-13-8-6-12(7-9-13)11-4-2-1-3-5-11/h1-9H,10H2/q-1. The Balaban J connectivity index is 2.07. The molecule has 0 fully saturated rings. The molecule has 2 aromatic rings. The number of hydrogen-bond donors (Lipinski definition) is 0. The second-order valence-electron chi connectivity index (χ2n) is 4.92. The predicted molar refractivity (Wildman–Crippen MR) is 71.4 cm³/mol. The number of alkyl halides is 8. The van der Waals surface area contributed by atoms with Crippen LogP contribution in [0.3, 0.4) is 0 Å². The molecule has 0 atom stereocenters. The zero-order chi connectivity index (χ0) is 18.0. The first-order chi connectivity index (χ1) is 11.0. The van der Waals surface area contributed by atoms with Gasteiger partial charge in [0.1, 0.15) is 0 Å². The van der Waals surface area contributed by atoms with Crippen LogP contribution in [0.15, 0.2) is 54.6 Å². The maximum atomic E-state index is 13.3. The van der Waals surface area contributed by atoms with E-state index in [9.17, 15) is 30.7 Å². The monoisotopic (exact) mass is 463 g/mol. The molecule has 0 N–H and O–H groups in total. The third-order valence-electron chi connectivity index (χ3n) is 3.16. The van der Waals surface area contributed by atoms with E-state index in [2.05, 4.69) is 0 Å². The van der Waals surface area contributed by atoms with Gasteiger partial charge in [0, 0.05) is 0 Å². The van der Waals surface area contributed by atoms with Crippen LogP contribution < -0.4 is 21.2 Å². The van der Waals surface area contributed by atoms with Crippen molar-refractivity contribution >= 4 is 0 Å². The second kappa shape index (κ2) is 6.89. The number of benzene rings is 2. The Morgan fingerprint density at radius 3 is 1.67 bits per heavy atom. The molecule has 0 aromatic heterocycles. The Labute approximate surface area is 143 Å². The molecule has 0 heterocycles. The van der Waals surface area contributed by atoms with Crippen molar-refractivity contribution in [3.05, 3.63) is 58.2 Å². The molecule has 0 bridgehead atoms. The van der Waals surface area contributed by atoms with Crippen molar-refractivity contribution in [3.8, 4) is 11.1 Å². The van der Waals surface area contributed by atoms with E-state index in [1.165, 1.54) is 12.1 Å². The molecule has 132 valence electrons. The first-order valence-corrected chi connectivity index (χ1v) is 9.22. The van der Waals surface area contributed by atoms with E-state index in [0.717, 1.165) is 11.1 Å². The molecule has 0 spiro atoms. The molecular formula is C16H11F7I-. The van der Waals surface area contributed by atoms with E-state index in [-0.39, 0.29) is 0 Å². The molecule has 0 aliphatic rings. The summed E-state index contributed by atoms with van der Waals surface area (Å²) in [6, 6.07) is 15.4. The van der Waals surface area contributed by atoms with Crippen LogP contribution in [0.2, 0.25) is 0 Å². The van der Waals surface area contributed by atoms with Gasteiger partial charge in [0.2, 0.25) is 0 Å². The van der Waals surface area contributed by atoms with Crippen LogP contribution in [0.5, 0.6) is 0 Å². The summed E-state index contributed by atoms with van der Waals surface area (Å²) in [5, 5.41) is 0. The van der Waals surface area contributed by atoms with Gasteiger partial charge in [0.05, 0.1) is 0 Å². The summed E-state index contributed by atoms with van der Waals surface area (Å²) in [5.41, 5.74) is 1.69. The summed E-state index contributed by atoms with van der Waals surface area (Å²) >= 11 is -1.69. The minimum absolute atomic E-state index is 0.367. The van der Waals surface area contributed by atoms with Crippen LogP contribution in [-0.4, -0.2) is 22.4 Å². The molecule has 0 amide bonds. The average molecular weight is 463 g/mol. The van der Waals surface area contributed by atoms with Gasteiger partial charge >= 0.3 is 144 Å². The third kappa shape index (κ3) is 4.01. The van der Waals surface area contributed by atoms with Crippen LogP contribution in [0, 0.1) is 3.57 Å². The topological polar surface area (TPSA) is 0 Å². The van der Waals surface area contributed by atoms with Gasteiger partial charge in [-0.25, -0.2) is 0 Å². The predicted octanol–water partition coefficient (Wildman–Crippen LogP) is 2.45. The Kier molecular flexibility index (Phi) is 5.46. The number of halogens is 8. The molecule has 8 heteroatoms. The van der Waals surface area contributed by atoms with E-state index in [4.69, 9.17) is 0 Å². The summed E-state index contributed by atoms with van der Waals surface area (Å²) in [6.45, 7) is 0. The minimum atomic E-state index is -6.27. The SMILES string of the molecule is FC(F)(F)C(F)(F)C(F)(F)C[I-]c1ccc(-c2ccccc2)cc1. The molecule has 0 unspecified atom stereocenters. The van der Waals surface area contributed by atoms with Gasteiger partial charge in [-0.1, -0.05) is 0 Å². The van der Waals surface area contributed by atoms with Gasteiger partial charge in [0.15, 0.2) is 0 Å². The number of rotatable bonds is 5. The molecule has 2 rings (SSSR count). The van der Waals surface area contributed by atoms with Crippen molar-refractivity contribution in [2.24, 2.45) is 0 Å². The molecule has 0 aliphatic carbocycles. The summed E-state index contributed by atoms with van der Waals surface area (Å²) in [5.74, 6) is -11.1. The van der Waals surface area contributed by atoms with Crippen molar-refractivity contribution in [2.75, 3.05) is 4.43 Å². The Hall–Kier alpha value is -1.32. The first-order valence-electron chi connectivity index (χ1n) is 6.61. The van der Waals surface area contributed by atoms with Crippen LogP contribution in [-0.2, 0) is 0 Å². The molecule has 2 aromatic carbocycles. The molecule has 0 radical (unpaired) electrons. The van der Waals surface area contributed by atoms with Gasteiger partial charge in [-0.05, 0) is 0 Å². The van der Waals surface area contributed by atoms with Gasteiger partial charge in [-0.2, -0.15) is 0 Å². The van der Waals surface area contributed by atoms with E-state index in [1.54, 1.807) is 12.1 Å². The molecular weight excluding hydrogens is 452 g/mol. The zero-order valence-corrected chi connectivity index (χ0v) is 14.1. The van der Waals surface area contributed by atoms with Gasteiger partial charge < -0.3 is 0 Å². The van der Waals surface area contributed by atoms with Crippen LogP contribution in [0.25, 0.3) is 11.1 Å². The molecule has 24 heavy (non-hydrogen) atoms. The van der Waals surface area contributed by atoms with Crippen molar-refractivity contribution in [2.45, 2.75) is 18.0 Å². The van der Waals surface area contributed by atoms with E-state index < -0.39 is 43.7 Å². The second-order valence-corrected chi connectivity index (χ2v) is 7.69. The average Bonchev–Trinajstić information content (AvgIpc) is 2.53. The van der Waals surface area contributed by atoms with Gasteiger partial charge in [0.25, 0.3) is 0 Å². The maximum absolute atomic E-state index is 13.3. The quantitative estimate of drug-likeness (QED) is 0.363. The Morgan fingerprint density at radius 1 is 0.667 bits per heavy atom. The van der Waals surface area contributed by atoms with Crippen LogP contribution >= 0.6 is 0 Å². The summed E-state index contributed by atoms with van der Waals surface area (Å²) < 4.78 is 87.4. The zero-order valence-electron chi connectivity index (χ0n) is 11.9. The molecule has 0 saturated carbocycles. The molecule has 0 nitrogen and oxygen atoms in total. The van der Waals surface area contributed by atoms with Crippen LogP contribution in [0.4, 0.5) is 30.7 Å². The summed E-state index contributed by atoms with van der Waals surface area (Å²) in [6.07, 6.45) is -6.27. The normalized spacial score (nSPS) is 13.3. The summed E-state index contributed by atoms with van der Waals surface area (Å²) in [4.78, 5) is 0. The first kappa shape index (κ1) is 19.0. The van der Waals surface area contributed by atoms with E-state index in [1.807, 2.05) is 30.3 Å². The van der Waals surface area contributed by atoms with E-state index in [0.29, 0.717) is 3.57 Å². The fourth-order valence-electron chi connectivity index (χ4n) is 1.81. The molecule has 0 aliphatic heterocycles. The summed E-state index contributed by atoms with van der Waals surface area (Å²) in [7, 11) is 0. The van der Waals surface area contributed by atoms with Gasteiger partial charge in [-0.15, -0.1) is 0 Å². The van der Waals surface area contributed by atoms with Crippen molar-refractivity contribution < 1.29 is 51.9 Å². The van der Waals surface area contributed by atoms with E-state index >= 15 is 0 Å².